The number of benzene rings is 1. The van der Waals surface area contributed by atoms with Crippen LogP contribution in [0, 0.1) is 11.6 Å². The summed E-state index contributed by atoms with van der Waals surface area (Å²) in [6.45, 7) is 0.670. The Morgan fingerprint density at radius 3 is 2.40 bits per heavy atom. The molecule has 1 aromatic carbocycles. The molecule has 15 heavy (non-hydrogen) atoms. The van der Waals surface area contributed by atoms with Gasteiger partial charge < -0.3 is 10.4 Å². The van der Waals surface area contributed by atoms with Crippen LogP contribution >= 0.6 is 0 Å². The van der Waals surface area contributed by atoms with E-state index in [1.807, 2.05) is 0 Å². The lowest BCUT2D eigenvalue weighted by Gasteiger charge is -2.07. The van der Waals surface area contributed by atoms with Crippen molar-refractivity contribution in [3.05, 3.63) is 34.9 Å². The Hall–Kier alpha value is -1.49. The van der Waals surface area contributed by atoms with Crippen LogP contribution in [0.4, 0.5) is 8.78 Å². The monoisotopic (exact) mass is 215 g/mol. The molecule has 0 atom stereocenters. The minimum Gasteiger partial charge on any atom is -0.392 e. The van der Waals surface area contributed by atoms with Gasteiger partial charge in [-0.3, -0.25) is 4.79 Å². The number of halogens is 2. The van der Waals surface area contributed by atoms with Gasteiger partial charge in [-0.25, -0.2) is 8.78 Å². The third-order valence-corrected chi connectivity index (χ3v) is 1.94. The topological polar surface area (TPSA) is 49.3 Å². The minimum atomic E-state index is -1.07. The van der Waals surface area contributed by atoms with Crippen molar-refractivity contribution in [2.24, 2.45) is 0 Å². The number of amides is 1. The Balaban J connectivity index is 2.91. The standard InChI is InChI=1S/C10H11F2NO2/c1-6(15)13-4-7-2-3-8(5-14)10(12)9(7)11/h2-3,14H,4-5H2,1H3,(H,13,15). The van der Waals surface area contributed by atoms with E-state index in [4.69, 9.17) is 5.11 Å². The van der Waals surface area contributed by atoms with Crippen LogP contribution in [0.3, 0.4) is 0 Å². The molecule has 0 unspecified atom stereocenters. The summed E-state index contributed by atoms with van der Waals surface area (Å²) in [7, 11) is 0. The molecule has 1 rings (SSSR count). The number of aliphatic hydroxyl groups is 1. The average molecular weight is 215 g/mol. The van der Waals surface area contributed by atoms with E-state index in [2.05, 4.69) is 5.32 Å². The second-order valence-electron chi connectivity index (χ2n) is 3.08. The highest BCUT2D eigenvalue weighted by Crippen LogP contribution is 2.16. The number of carbonyl (C=O) groups excluding carboxylic acids is 1. The Morgan fingerprint density at radius 1 is 1.33 bits per heavy atom. The smallest absolute Gasteiger partial charge is 0.217 e. The number of hydrogen-bond acceptors (Lipinski definition) is 2. The zero-order chi connectivity index (χ0) is 11.4. The van der Waals surface area contributed by atoms with Crippen LogP contribution in [-0.2, 0) is 17.9 Å². The molecule has 0 saturated heterocycles. The lowest BCUT2D eigenvalue weighted by atomic mass is 10.1. The molecular formula is C10H11F2NO2. The van der Waals surface area contributed by atoms with Crippen molar-refractivity contribution in [3.8, 4) is 0 Å². The molecule has 0 fully saturated rings. The first-order valence-electron chi connectivity index (χ1n) is 4.37. The van der Waals surface area contributed by atoms with E-state index in [1.165, 1.54) is 19.1 Å². The van der Waals surface area contributed by atoms with Crippen molar-refractivity contribution in [1.82, 2.24) is 5.32 Å². The van der Waals surface area contributed by atoms with Gasteiger partial charge in [-0.2, -0.15) is 0 Å². The third kappa shape index (κ3) is 2.73. The van der Waals surface area contributed by atoms with E-state index in [1.54, 1.807) is 0 Å². The van der Waals surface area contributed by atoms with Gasteiger partial charge in [0.05, 0.1) is 6.61 Å². The van der Waals surface area contributed by atoms with Gasteiger partial charge >= 0.3 is 0 Å². The molecular weight excluding hydrogens is 204 g/mol. The van der Waals surface area contributed by atoms with Gasteiger partial charge in [0, 0.05) is 24.6 Å². The van der Waals surface area contributed by atoms with Crippen molar-refractivity contribution in [2.45, 2.75) is 20.1 Å². The maximum absolute atomic E-state index is 13.3. The third-order valence-electron chi connectivity index (χ3n) is 1.94. The number of aliphatic hydroxyl groups excluding tert-OH is 1. The highest BCUT2D eigenvalue weighted by Gasteiger charge is 2.12. The van der Waals surface area contributed by atoms with Crippen LogP contribution in [0.5, 0.6) is 0 Å². The van der Waals surface area contributed by atoms with Crippen molar-refractivity contribution in [2.75, 3.05) is 0 Å². The first kappa shape index (κ1) is 11.6. The number of carbonyl (C=O) groups is 1. The summed E-state index contributed by atoms with van der Waals surface area (Å²) < 4.78 is 26.4. The van der Waals surface area contributed by atoms with E-state index in [-0.39, 0.29) is 23.6 Å². The minimum absolute atomic E-state index is 0.0555. The molecule has 0 spiro atoms. The van der Waals surface area contributed by atoms with E-state index >= 15 is 0 Å². The second kappa shape index (κ2) is 4.84. The highest BCUT2D eigenvalue weighted by molar-refractivity contribution is 5.72. The van der Waals surface area contributed by atoms with Crippen LogP contribution in [0.2, 0.25) is 0 Å². The number of nitrogens with one attached hydrogen (secondary N) is 1. The highest BCUT2D eigenvalue weighted by atomic mass is 19.2. The largest absolute Gasteiger partial charge is 0.392 e. The Labute approximate surface area is 85.7 Å². The van der Waals surface area contributed by atoms with E-state index < -0.39 is 18.2 Å². The summed E-state index contributed by atoms with van der Waals surface area (Å²) >= 11 is 0. The van der Waals surface area contributed by atoms with Crippen LogP contribution < -0.4 is 5.32 Å². The van der Waals surface area contributed by atoms with Gasteiger partial charge in [-0.1, -0.05) is 12.1 Å². The van der Waals surface area contributed by atoms with E-state index in [9.17, 15) is 13.6 Å². The van der Waals surface area contributed by atoms with Gasteiger partial charge in [0.2, 0.25) is 5.91 Å². The van der Waals surface area contributed by atoms with Gasteiger partial charge in [0.15, 0.2) is 11.6 Å². The zero-order valence-electron chi connectivity index (χ0n) is 8.18. The van der Waals surface area contributed by atoms with Crippen LogP contribution in [0.25, 0.3) is 0 Å². The molecule has 0 aliphatic heterocycles. The summed E-state index contributed by atoms with van der Waals surface area (Å²) in [5, 5.41) is 11.0. The van der Waals surface area contributed by atoms with E-state index in [0.717, 1.165) is 0 Å². The summed E-state index contributed by atoms with van der Waals surface area (Å²) in [5.74, 6) is -2.42. The first-order chi connectivity index (χ1) is 7.06. The zero-order valence-corrected chi connectivity index (χ0v) is 8.18. The fourth-order valence-corrected chi connectivity index (χ4v) is 1.11. The molecule has 3 nitrogen and oxygen atoms in total. The predicted molar refractivity (Wildman–Crippen MR) is 49.8 cm³/mol. The Bertz CT molecular complexity index is 380. The molecule has 0 aliphatic carbocycles. The summed E-state index contributed by atoms with van der Waals surface area (Å²) in [5.41, 5.74) is -0.0426. The molecule has 1 aromatic rings. The number of hydrogen-bond donors (Lipinski definition) is 2. The first-order valence-corrected chi connectivity index (χ1v) is 4.37. The normalized spacial score (nSPS) is 10.1. The molecule has 2 N–H and O–H groups in total. The predicted octanol–water partition coefficient (Wildman–Crippen LogP) is 1.09. The maximum atomic E-state index is 13.3. The van der Waals surface area contributed by atoms with Crippen molar-refractivity contribution in [3.63, 3.8) is 0 Å². The van der Waals surface area contributed by atoms with Crippen LogP contribution in [-0.4, -0.2) is 11.0 Å². The quantitative estimate of drug-likeness (QED) is 0.793. The molecule has 82 valence electrons. The molecule has 0 aromatic heterocycles. The Morgan fingerprint density at radius 2 is 1.87 bits per heavy atom. The van der Waals surface area contributed by atoms with Gasteiger partial charge in [0.1, 0.15) is 0 Å². The molecule has 0 radical (unpaired) electrons. The number of rotatable bonds is 3. The van der Waals surface area contributed by atoms with E-state index in [0.29, 0.717) is 0 Å². The summed E-state index contributed by atoms with van der Waals surface area (Å²) in [4.78, 5) is 10.6. The van der Waals surface area contributed by atoms with Gasteiger partial charge in [0.25, 0.3) is 0 Å². The van der Waals surface area contributed by atoms with Gasteiger partial charge in [-0.05, 0) is 0 Å². The lowest BCUT2D eigenvalue weighted by molar-refractivity contribution is -0.119. The SMILES string of the molecule is CC(=O)NCc1ccc(CO)c(F)c1F. The fourth-order valence-electron chi connectivity index (χ4n) is 1.11. The van der Waals surface area contributed by atoms with Crippen molar-refractivity contribution in [1.29, 1.82) is 0 Å². The van der Waals surface area contributed by atoms with Crippen molar-refractivity contribution >= 4 is 5.91 Å². The second-order valence-corrected chi connectivity index (χ2v) is 3.08. The maximum Gasteiger partial charge on any atom is 0.217 e. The Kier molecular flexibility index (Phi) is 3.74. The molecule has 1 amide bonds. The van der Waals surface area contributed by atoms with Crippen LogP contribution in [0.1, 0.15) is 18.1 Å². The average Bonchev–Trinajstić information content (AvgIpc) is 2.20. The molecule has 0 heterocycles. The molecule has 5 heteroatoms. The van der Waals surface area contributed by atoms with Gasteiger partial charge in [-0.15, -0.1) is 0 Å². The lowest BCUT2D eigenvalue weighted by Crippen LogP contribution is -2.20. The summed E-state index contributed by atoms with van der Waals surface area (Å²) in [6, 6.07) is 2.62. The molecule has 0 saturated carbocycles. The van der Waals surface area contributed by atoms with Crippen molar-refractivity contribution < 1.29 is 18.7 Å². The molecule has 0 bridgehead atoms. The molecule has 0 aliphatic rings. The van der Waals surface area contributed by atoms with Crippen LogP contribution in [0.15, 0.2) is 12.1 Å². The summed E-state index contributed by atoms with van der Waals surface area (Å²) in [6.07, 6.45) is 0. The fraction of sp³-hybridized carbons (Fsp3) is 0.300.